The van der Waals surface area contributed by atoms with Gasteiger partial charge in [-0.15, -0.1) is 5.10 Å². The fraction of sp³-hybridized carbons (Fsp3) is 0.314. The van der Waals surface area contributed by atoms with Gasteiger partial charge in [0.15, 0.2) is 0 Å². The van der Waals surface area contributed by atoms with E-state index >= 15 is 0 Å². The molecule has 3 heterocycles. The van der Waals surface area contributed by atoms with Gasteiger partial charge in [-0.05, 0) is 94.8 Å². The first-order chi connectivity index (χ1) is 21.8. The number of halogens is 1. The number of hydrogen-bond donors (Lipinski definition) is 1. The van der Waals surface area contributed by atoms with Crippen LogP contribution in [-0.4, -0.2) is 46.6 Å². The minimum Gasteiger partial charge on any atom is -0.444 e. The highest BCUT2D eigenvalue weighted by molar-refractivity contribution is 5.94. The lowest BCUT2D eigenvalue weighted by Gasteiger charge is -2.24. The van der Waals surface area contributed by atoms with Crippen molar-refractivity contribution >= 4 is 17.7 Å². The van der Waals surface area contributed by atoms with Crippen molar-refractivity contribution in [3.8, 4) is 11.3 Å². The lowest BCUT2D eigenvalue weighted by molar-refractivity contribution is 0.0635. The topological polar surface area (TPSA) is 99.2 Å². The first-order valence-corrected chi connectivity index (χ1v) is 15.1. The maximum absolute atomic E-state index is 14.8. The second kappa shape index (κ2) is 13.0. The van der Waals surface area contributed by atoms with Gasteiger partial charge in [-0.3, -0.25) is 10.1 Å². The van der Waals surface area contributed by atoms with Crippen LogP contribution in [0.2, 0.25) is 0 Å². The van der Waals surface area contributed by atoms with E-state index in [1.165, 1.54) is 18.2 Å². The fourth-order valence-corrected chi connectivity index (χ4v) is 5.13. The van der Waals surface area contributed by atoms with Crippen molar-refractivity contribution in [3.05, 3.63) is 113 Å². The van der Waals surface area contributed by atoms with Gasteiger partial charge in [0.25, 0.3) is 5.91 Å². The van der Waals surface area contributed by atoms with E-state index in [1.54, 1.807) is 31.6 Å². The monoisotopic (exact) mass is 625 g/mol. The Balaban J connectivity index is 1.34. The SMILES string of the molecule is Cc1ccc(CN(Cc2ccc(C)n2C)C(=O)c2cccc(Cn3cc(-c4cc(NC(=O)OC(C)(C)C)ccc4F)nn3)c2)n1C. The van der Waals surface area contributed by atoms with Crippen LogP contribution in [0.15, 0.2) is 72.9 Å². The molecule has 5 rings (SSSR count). The molecule has 0 spiro atoms. The summed E-state index contributed by atoms with van der Waals surface area (Å²) >= 11 is 0. The molecule has 1 N–H and O–H groups in total. The molecule has 0 bridgehead atoms. The summed E-state index contributed by atoms with van der Waals surface area (Å²) in [6.07, 6.45) is 0.991. The fourth-order valence-electron chi connectivity index (χ4n) is 5.13. The summed E-state index contributed by atoms with van der Waals surface area (Å²) in [6, 6.07) is 19.9. The molecule has 0 aliphatic carbocycles. The number of ether oxygens (including phenoxy) is 1. The van der Waals surface area contributed by atoms with Gasteiger partial charge in [-0.1, -0.05) is 17.3 Å². The molecule has 11 heteroatoms. The maximum Gasteiger partial charge on any atom is 0.412 e. The average molecular weight is 626 g/mol. The number of nitrogens with one attached hydrogen (secondary N) is 1. The van der Waals surface area contributed by atoms with Crippen molar-refractivity contribution in [1.29, 1.82) is 0 Å². The molecule has 46 heavy (non-hydrogen) atoms. The number of hydrogen-bond acceptors (Lipinski definition) is 5. The standard InChI is InChI=1S/C35H40FN7O3/c1-23-11-14-28(40(23)6)20-42(21-29-15-12-24(2)41(29)7)33(44)26-10-8-9-25(17-26)19-43-22-32(38-39-43)30-18-27(13-16-31(30)36)37-34(45)46-35(3,4)5/h8-18,22H,19-21H2,1-7H3,(H,37,45). The van der Waals surface area contributed by atoms with Gasteiger partial charge in [0, 0.05) is 53.7 Å². The molecule has 5 aromatic rings. The van der Waals surface area contributed by atoms with E-state index in [1.807, 2.05) is 57.1 Å². The Morgan fingerprint density at radius 3 is 2.15 bits per heavy atom. The van der Waals surface area contributed by atoms with Gasteiger partial charge in [-0.25, -0.2) is 13.9 Å². The molecule has 3 aromatic heterocycles. The number of rotatable bonds is 9. The molecule has 2 aromatic carbocycles. The van der Waals surface area contributed by atoms with Crippen molar-refractivity contribution in [1.82, 2.24) is 29.0 Å². The van der Waals surface area contributed by atoms with Gasteiger partial charge >= 0.3 is 6.09 Å². The summed E-state index contributed by atoms with van der Waals surface area (Å²) in [5, 5.41) is 11.0. The number of aromatic nitrogens is 5. The third-order valence-corrected chi connectivity index (χ3v) is 7.89. The third-order valence-electron chi connectivity index (χ3n) is 7.89. The quantitative estimate of drug-likeness (QED) is 0.199. The van der Waals surface area contributed by atoms with Gasteiger partial charge in [-0.2, -0.15) is 0 Å². The summed E-state index contributed by atoms with van der Waals surface area (Å²) in [4.78, 5) is 28.1. The van der Waals surface area contributed by atoms with E-state index in [0.717, 1.165) is 28.3 Å². The molecular formula is C35H40FN7O3. The van der Waals surface area contributed by atoms with E-state index in [2.05, 4.69) is 49.0 Å². The smallest absolute Gasteiger partial charge is 0.412 e. The zero-order valence-corrected chi connectivity index (χ0v) is 27.3. The number of carbonyl (C=O) groups is 2. The largest absolute Gasteiger partial charge is 0.444 e. The van der Waals surface area contributed by atoms with E-state index < -0.39 is 17.5 Å². The van der Waals surface area contributed by atoms with Crippen molar-refractivity contribution in [2.24, 2.45) is 14.1 Å². The predicted molar refractivity (Wildman–Crippen MR) is 175 cm³/mol. The van der Waals surface area contributed by atoms with Gasteiger partial charge < -0.3 is 18.8 Å². The molecule has 0 unspecified atom stereocenters. The Hall–Kier alpha value is -5.19. The van der Waals surface area contributed by atoms with E-state index in [0.29, 0.717) is 36.6 Å². The second-order valence-electron chi connectivity index (χ2n) is 12.5. The summed E-state index contributed by atoms with van der Waals surface area (Å²) in [5.74, 6) is -0.591. The van der Waals surface area contributed by atoms with Crippen LogP contribution in [0.1, 0.15) is 59.5 Å². The molecule has 2 amide bonds. The Bertz CT molecular complexity index is 1830. The normalized spacial score (nSPS) is 11.5. The molecule has 240 valence electrons. The van der Waals surface area contributed by atoms with Crippen LogP contribution in [0.5, 0.6) is 0 Å². The molecular weight excluding hydrogens is 585 g/mol. The van der Waals surface area contributed by atoms with Gasteiger partial charge in [0.1, 0.15) is 17.1 Å². The molecule has 10 nitrogen and oxygen atoms in total. The number of carbonyl (C=O) groups excluding carboxylic acids is 2. The van der Waals surface area contributed by atoms with E-state index in [4.69, 9.17) is 4.74 Å². The van der Waals surface area contributed by atoms with Crippen LogP contribution in [0.25, 0.3) is 11.3 Å². The minimum absolute atomic E-state index is 0.0878. The van der Waals surface area contributed by atoms with E-state index in [-0.39, 0.29) is 11.5 Å². The number of nitrogens with zero attached hydrogens (tertiary/aromatic N) is 6. The lowest BCUT2D eigenvalue weighted by Crippen LogP contribution is -2.31. The molecule has 0 radical (unpaired) electrons. The predicted octanol–water partition coefficient (Wildman–Crippen LogP) is 6.62. The van der Waals surface area contributed by atoms with Crippen molar-refractivity contribution in [2.45, 2.75) is 59.9 Å². The highest BCUT2D eigenvalue weighted by atomic mass is 19.1. The summed E-state index contributed by atoms with van der Waals surface area (Å²) in [7, 11) is 4.01. The summed E-state index contributed by atoms with van der Waals surface area (Å²) < 4.78 is 25.9. The highest BCUT2D eigenvalue weighted by Gasteiger charge is 2.21. The second-order valence-corrected chi connectivity index (χ2v) is 12.5. The Morgan fingerprint density at radius 2 is 1.57 bits per heavy atom. The Morgan fingerprint density at radius 1 is 0.913 bits per heavy atom. The molecule has 0 atom stereocenters. The first-order valence-electron chi connectivity index (χ1n) is 15.1. The van der Waals surface area contributed by atoms with Crippen molar-refractivity contribution < 1.29 is 18.7 Å². The van der Waals surface area contributed by atoms with Gasteiger partial charge in [0.2, 0.25) is 0 Å². The molecule has 0 aliphatic heterocycles. The highest BCUT2D eigenvalue weighted by Crippen LogP contribution is 2.25. The lowest BCUT2D eigenvalue weighted by atomic mass is 10.1. The van der Waals surface area contributed by atoms with Crippen LogP contribution in [0.3, 0.4) is 0 Å². The summed E-state index contributed by atoms with van der Waals surface area (Å²) in [5.41, 5.74) is 5.92. The summed E-state index contributed by atoms with van der Waals surface area (Å²) in [6.45, 7) is 10.6. The molecule has 0 aliphatic rings. The van der Waals surface area contributed by atoms with Crippen LogP contribution in [0.4, 0.5) is 14.9 Å². The Labute approximate surface area is 268 Å². The third kappa shape index (κ3) is 7.53. The minimum atomic E-state index is -0.669. The van der Waals surface area contributed by atoms with E-state index in [9.17, 15) is 14.0 Å². The van der Waals surface area contributed by atoms with Crippen LogP contribution >= 0.6 is 0 Å². The van der Waals surface area contributed by atoms with Crippen LogP contribution in [-0.2, 0) is 38.5 Å². The maximum atomic E-state index is 14.8. The zero-order valence-electron chi connectivity index (χ0n) is 27.3. The van der Waals surface area contributed by atoms with Crippen LogP contribution in [0, 0.1) is 19.7 Å². The molecule has 0 saturated carbocycles. The molecule has 0 saturated heterocycles. The van der Waals surface area contributed by atoms with Crippen molar-refractivity contribution in [3.63, 3.8) is 0 Å². The number of aryl methyl sites for hydroxylation is 2. The number of benzene rings is 2. The zero-order chi connectivity index (χ0) is 33.2. The Kier molecular flexibility index (Phi) is 9.13. The molecule has 0 fully saturated rings. The van der Waals surface area contributed by atoms with Crippen molar-refractivity contribution in [2.75, 3.05) is 5.32 Å². The number of amides is 2. The van der Waals surface area contributed by atoms with Crippen LogP contribution < -0.4 is 5.32 Å². The average Bonchev–Trinajstić information content (AvgIpc) is 3.68. The number of anilines is 1. The van der Waals surface area contributed by atoms with Gasteiger partial charge in [0.05, 0.1) is 25.8 Å². The first kappa shape index (κ1) is 32.2.